The van der Waals surface area contributed by atoms with Crippen LogP contribution in [0, 0.1) is 17.8 Å². The van der Waals surface area contributed by atoms with Crippen LogP contribution in [0.5, 0.6) is 5.75 Å². The van der Waals surface area contributed by atoms with Gasteiger partial charge in [0, 0.05) is 11.6 Å². The zero-order valence-electron chi connectivity index (χ0n) is 18.8. The fraction of sp³-hybridized carbons (Fsp3) is 0.481. The van der Waals surface area contributed by atoms with Gasteiger partial charge in [0.15, 0.2) is 0 Å². The van der Waals surface area contributed by atoms with Crippen LogP contribution in [0.25, 0.3) is 6.08 Å². The van der Waals surface area contributed by atoms with Crippen molar-refractivity contribution in [1.29, 1.82) is 0 Å². The maximum Gasteiger partial charge on any atom is 0.248 e. The van der Waals surface area contributed by atoms with Gasteiger partial charge in [0.05, 0.1) is 18.5 Å². The highest BCUT2D eigenvalue weighted by molar-refractivity contribution is 6.01. The van der Waals surface area contributed by atoms with Gasteiger partial charge in [-0.05, 0) is 98.6 Å². The third-order valence-electron chi connectivity index (χ3n) is 7.24. The molecule has 2 N–H and O–H groups in total. The largest absolute Gasteiger partial charge is 0.494 e. The van der Waals surface area contributed by atoms with E-state index in [4.69, 9.17) is 4.74 Å². The first-order chi connectivity index (χ1) is 15.6. The lowest BCUT2D eigenvalue weighted by molar-refractivity contribution is -0.111. The molecule has 0 aliphatic heterocycles. The molecular formula is C27H33N3O2. The van der Waals surface area contributed by atoms with Crippen LogP contribution in [-0.2, 0) is 4.79 Å². The molecule has 4 bridgehead atoms. The minimum Gasteiger partial charge on any atom is -0.494 e. The summed E-state index contributed by atoms with van der Waals surface area (Å²) in [6.07, 6.45) is 14.2. The fourth-order valence-corrected chi connectivity index (χ4v) is 6.33. The average Bonchev–Trinajstić information content (AvgIpc) is 2.77. The molecule has 4 aliphatic rings. The Morgan fingerprint density at radius 1 is 1.06 bits per heavy atom. The Balaban J connectivity index is 1.14. The summed E-state index contributed by atoms with van der Waals surface area (Å²) in [7, 11) is 0. The first kappa shape index (κ1) is 21.0. The van der Waals surface area contributed by atoms with Crippen molar-refractivity contribution < 1.29 is 9.53 Å². The van der Waals surface area contributed by atoms with Crippen molar-refractivity contribution in [3.8, 4) is 5.75 Å². The van der Waals surface area contributed by atoms with Crippen molar-refractivity contribution in [2.24, 2.45) is 17.8 Å². The molecule has 2 aromatic rings. The van der Waals surface area contributed by atoms with E-state index in [1.807, 2.05) is 36.4 Å². The molecule has 5 nitrogen and oxygen atoms in total. The number of benzene rings is 1. The van der Waals surface area contributed by atoms with Crippen LogP contribution in [0.3, 0.4) is 0 Å². The Morgan fingerprint density at radius 2 is 1.75 bits per heavy atom. The number of nitrogens with zero attached hydrogens (tertiary/aromatic N) is 1. The van der Waals surface area contributed by atoms with Gasteiger partial charge in [-0.3, -0.25) is 4.79 Å². The Bertz CT molecular complexity index is 930. The van der Waals surface area contributed by atoms with Crippen LogP contribution in [-0.4, -0.2) is 23.0 Å². The van der Waals surface area contributed by atoms with Crippen LogP contribution in [0.4, 0.5) is 11.5 Å². The minimum absolute atomic E-state index is 0.167. The standard InChI is InChI=1S/C27H33N3O2/c1-2-11-32-24-7-3-19(4-8-24)5-10-26(31)29-23-6-9-25(28-18-23)30-27-15-20-12-21(16-27)14-22(13-20)17-27/h3-10,18,20-22H,2,11-17H2,1H3,(H,28,30)(H,29,31)/b10-5+. The molecule has 0 saturated heterocycles. The van der Waals surface area contributed by atoms with Gasteiger partial charge in [-0.15, -0.1) is 0 Å². The van der Waals surface area contributed by atoms with E-state index in [1.54, 1.807) is 18.3 Å². The molecular weight excluding hydrogens is 398 g/mol. The molecule has 168 valence electrons. The number of hydrogen-bond acceptors (Lipinski definition) is 4. The second kappa shape index (κ2) is 8.97. The zero-order chi connectivity index (χ0) is 22.0. The summed E-state index contributed by atoms with van der Waals surface area (Å²) >= 11 is 0. The number of hydrogen-bond donors (Lipinski definition) is 2. The Kier molecular flexibility index (Phi) is 5.90. The van der Waals surface area contributed by atoms with Gasteiger partial charge in [-0.1, -0.05) is 19.1 Å². The van der Waals surface area contributed by atoms with Crippen LogP contribution in [0.1, 0.15) is 57.4 Å². The molecule has 4 aliphatic carbocycles. The summed E-state index contributed by atoms with van der Waals surface area (Å²) in [5.74, 6) is 4.31. The van der Waals surface area contributed by atoms with E-state index in [0.29, 0.717) is 12.3 Å². The predicted molar refractivity (Wildman–Crippen MR) is 129 cm³/mol. The third-order valence-corrected chi connectivity index (χ3v) is 7.24. The number of nitrogens with one attached hydrogen (secondary N) is 2. The van der Waals surface area contributed by atoms with Crippen molar-refractivity contribution in [1.82, 2.24) is 4.98 Å². The van der Waals surface area contributed by atoms with Gasteiger partial charge in [0.1, 0.15) is 11.6 Å². The Morgan fingerprint density at radius 3 is 2.34 bits per heavy atom. The number of aromatic nitrogens is 1. The summed E-state index contributed by atoms with van der Waals surface area (Å²) in [5.41, 5.74) is 1.91. The first-order valence-electron chi connectivity index (χ1n) is 12.1. The van der Waals surface area contributed by atoms with E-state index < -0.39 is 0 Å². The van der Waals surface area contributed by atoms with E-state index in [9.17, 15) is 4.79 Å². The number of pyridine rings is 1. The van der Waals surface area contributed by atoms with E-state index in [-0.39, 0.29) is 11.4 Å². The molecule has 5 heteroatoms. The molecule has 6 rings (SSSR count). The number of rotatable bonds is 8. The molecule has 4 saturated carbocycles. The van der Waals surface area contributed by atoms with Crippen molar-refractivity contribution in [2.45, 2.75) is 57.4 Å². The highest BCUT2D eigenvalue weighted by Crippen LogP contribution is 2.56. The zero-order valence-corrected chi connectivity index (χ0v) is 18.8. The lowest BCUT2D eigenvalue weighted by Crippen LogP contribution is -2.54. The highest BCUT2D eigenvalue weighted by Gasteiger charge is 2.51. The molecule has 1 amide bonds. The normalized spacial score (nSPS) is 28.1. The van der Waals surface area contributed by atoms with Crippen LogP contribution >= 0.6 is 0 Å². The summed E-state index contributed by atoms with van der Waals surface area (Å²) in [5, 5.41) is 6.68. The van der Waals surface area contributed by atoms with Gasteiger partial charge in [-0.25, -0.2) is 4.98 Å². The smallest absolute Gasteiger partial charge is 0.248 e. The number of amides is 1. The molecule has 1 heterocycles. The lowest BCUT2D eigenvalue weighted by atomic mass is 9.53. The number of ether oxygens (including phenoxy) is 1. The molecule has 1 aromatic heterocycles. The molecule has 0 radical (unpaired) electrons. The summed E-state index contributed by atoms with van der Waals surface area (Å²) < 4.78 is 5.59. The second-order valence-electron chi connectivity index (χ2n) is 10.00. The minimum atomic E-state index is -0.167. The Hall–Kier alpha value is -2.82. The summed E-state index contributed by atoms with van der Waals surface area (Å²) in [6, 6.07) is 11.7. The van der Waals surface area contributed by atoms with Crippen molar-refractivity contribution in [3.63, 3.8) is 0 Å². The van der Waals surface area contributed by atoms with Crippen LogP contribution in [0.2, 0.25) is 0 Å². The van der Waals surface area contributed by atoms with Gasteiger partial charge in [0.25, 0.3) is 0 Å². The highest BCUT2D eigenvalue weighted by atomic mass is 16.5. The van der Waals surface area contributed by atoms with Gasteiger partial charge in [-0.2, -0.15) is 0 Å². The monoisotopic (exact) mass is 431 g/mol. The molecule has 1 aromatic carbocycles. The van der Waals surface area contributed by atoms with Crippen molar-refractivity contribution >= 4 is 23.5 Å². The van der Waals surface area contributed by atoms with Crippen LogP contribution in [0.15, 0.2) is 48.7 Å². The molecule has 0 atom stereocenters. The van der Waals surface area contributed by atoms with E-state index in [1.165, 1.54) is 38.5 Å². The maximum atomic E-state index is 12.3. The quantitative estimate of drug-likeness (QED) is 0.511. The van der Waals surface area contributed by atoms with E-state index in [0.717, 1.165) is 41.3 Å². The number of carbonyl (C=O) groups excluding carboxylic acids is 1. The molecule has 0 spiro atoms. The average molecular weight is 432 g/mol. The molecule has 32 heavy (non-hydrogen) atoms. The third kappa shape index (κ3) is 4.82. The summed E-state index contributed by atoms with van der Waals surface area (Å²) in [6.45, 7) is 2.79. The molecule has 4 fully saturated rings. The second-order valence-corrected chi connectivity index (χ2v) is 10.00. The van der Waals surface area contributed by atoms with Gasteiger partial charge in [0.2, 0.25) is 5.91 Å². The predicted octanol–water partition coefficient (Wildman–Crippen LogP) is 5.90. The molecule has 0 unspecified atom stereocenters. The van der Waals surface area contributed by atoms with Crippen LogP contribution < -0.4 is 15.4 Å². The van der Waals surface area contributed by atoms with Gasteiger partial charge < -0.3 is 15.4 Å². The fourth-order valence-electron chi connectivity index (χ4n) is 6.33. The lowest BCUT2D eigenvalue weighted by Gasteiger charge is -2.57. The summed E-state index contributed by atoms with van der Waals surface area (Å²) in [4.78, 5) is 16.9. The van der Waals surface area contributed by atoms with E-state index in [2.05, 4.69) is 22.5 Å². The van der Waals surface area contributed by atoms with Gasteiger partial charge >= 0.3 is 0 Å². The number of anilines is 2. The van der Waals surface area contributed by atoms with E-state index >= 15 is 0 Å². The maximum absolute atomic E-state index is 12.3. The first-order valence-corrected chi connectivity index (χ1v) is 12.1. The Labute approximate surface area is 190 Å². The SMILES string of the molecule is CCCOc1ccc(/C=C/C(=O)Nc2ccc(NC34CC5CC(CC(C5)C3)C4)nc2)cc1. The van der Waals surface area contributed by atoms with Crippen molar-refractivity contribution in [2.75, 3.05) is 17.2 Å². The topological polar surface area (TPSA) is 63.2 Å². The van der Waals surface area contributed by atoms with Crippen molar-refractivity contribution in [3.05, 3.63) is 54.2 Å². The number of carbonyl (C=O) groups is 1.